The first-order chi connectivity index (χ1) is 22.0. The van der Waals surface area contributed by atoms with Gasteiger partial charge in [-0.05, 0) is 0 Å². The van der Waals surface area contributed by atoms with Gasteiger partial charge in [0.05, 0.1) is 42.8 Å². The monoisotopic (exact) mass is 740 g/mol. The van der Waals surface area contributed by atoms with Crippen LogP contribution in [0.3, 0.4) is 0 Å². The smallest absolute Gasteiger partial charge is 0.389 e. The van der Waals surface area contributed by atoms with Crippen LogP contribution in [0.1, 0.15) is 17.2 Å². The average molecular weight is 741 g/mol. The third kappa shape index (κ3) is 7.67. The second-order valence-corrected chi connectivity index (χ2v) is 14.0. The first kappa shape index (κ1) is 35.3. The lowest BCUT2D eigenvalue weighted by atomic mass is 10.1. The number of hydrogen-bond donors (Lipinski definition) is 11. The number of H-pyrrole nitrogens is 2. The number of nitrogen functional groups attached to an aromatic ring is 2. The van der Waals surface area contributed by atoms with Crippen molar-refractivity contribution in [1.82, 2.24) is 39.5 Å². The van der Waals surface area contributed by atoms with Gasteiger partial charge in [0, 0.05) is 5.25 Å². The van der Waals surface area contributed by atoms with E-state index in [1.807, 2.05) is 0 Å². The van der Waals surface area contributed by atoms with Gasteiger partial charge in [-0.15, -0.1) is 0 Å². The van der Waals surface area contributed by atoms with Crippen molar-refractivity contribution in [2.45, 2.75) is 41.1 Å². The topological polar surface area (TPSA) is 359 Å². The van der Waals surface area contributed by atoms with Crippen molar-refractivity contribution >= 4 is 75.1 Å². The Labute approximate surface area is 271 Å². The predicted octanol–water partition coefficient (Wildman–Crippen LogP) is -2.49. The molecule has 0 amide bonds. The van der Waals surface area contributed by atoms with Crippen LogP contribution in [-0.2, 0) is 27.2 Å². The molecule has 0 aliphatic carbocycles. The molecule has 0 aromatic carbocycles. The predicted molar refractivity (Wildman–Crippen MR) is 164 cm³/mol. The van der Waals surface area contributed by atoms with Crippen LogP contribution in [0.2, 0.25) is 0 Å². The Bertz CT molecular complexity index is 2020. The molecule has 9 atom stereocenters. The lowest BCUT2D eigenvalue weighted by molar-refractivity contribution is -0.0504. The van der Waals surface area contributed by atoms with Gasteiger partial charge in [0.2, 0.25) is 11.9 Å². The number of phosphoric acid groups is 2. The molecule has 5 heterocycles. The van der Waals surface area contributed by atoms with Crippen LogP contribution in [0, 0.1) is 0 Å². The molecule has 1 aliphatic heterocycles. The minimum atomic E-state index is -5.41. The lowest BCUT2D eigenvalue weighted by Gasteiger charge is -2.24. The number of aliphatic hydroxyl groups is 3. The Morgan fingerprint density at radius 2 is 1.62 bits per heavy atom. The maximum atomic E-state index is 12.4. The lowest BCUT2D eigenvalue weighted by Crippen LogP contribution is -2.33. The summed E-state index contributed by atoms with van der Waals surface area (Å²) in [6, 6.07) is 0. The average Bonchev–Trinajstić information content (AvgIpc) is 3.53. The molecule has 4 aromatic rings. The molecule has 1 aliphatic rings. The standard InChI is InChI=1S/C20H26N10O13P2S2/c21-19-26-14-8(16(34)28-19)25-5(1-23-14)12(46)13(47)6(31)2-40-44(36,37)43-45(38,39)41-3-7-10(32)11(33)18(42-7)30-4-24-9-15(30)27-20(22)29-17(9)35/h1,4,6-7,10-13,18,31-33,46-47H,2-3H2,(H,36,37)(H,38,39)(H3,22,27,29,35)(H3,21,23,26,28,34)/t6-,7-,10-,11-,12?,13?,18-/m1/s1. The highest BCUT2D eigenvalue weighted by Gasteiger charge is 2.46. The van der Waals surface area contributed by atoms with E-state index >= 15 is 0 Å². The number of aromatic amines is 2. The van der Waals surface area contributed by atoms with Crippen molar-refractivity contribution in [2.75, 3.05) is 24.7 Å². The zero-order valence-corrected chi connectivity index (χ0v) is 26.8. The number of ether oxygens (including phenoxy) is 1. The molecule has 256 valence electrons. The molecule has 0 bridgehead atoms. The molecule has 1 saturated heterocycles. The van der Waals surface area contributed by atoms with Crippen LogP contribution < -0.4 is 22.6 Å². The molecule has 4 unspecified atom stereocenters. The zero-order valence-electron chi connectivity index (χ0n) is 23.2. The highest BCUT2D eigenvalue weighted by Crippen LogP contribution is 2.60. The molecule has 47 heavy (non-hydrogen) atoms. The molecular weight excluding hydrogens is 714 g/mol. The van der Waals surface area contributed by atoms with Crippen molar-refractivity contribution in [3.8, 4) is 0 Å². The van der Waals surface area contributed by atoms with Crippen LogP contribution in [0.4, 0.5) is 11.9 Å². The van der Waals surface area contributed by atoms with Gasteiger partial charge in [0.15, 0.2) is 28.6 Å². The molecule has 4 aromatic heterocycles. The number of fused-ring (bicyclic) bond motifs is 2. The number of thiol groups is 2. The number of rotatable bonds is 12. The van der Waals surface area contributed by atoms with Gasteiger partial charge >= 0.3 is 15.6 Å². The van der Waals surface area contributed by atoms with E-state index in [0.717, 1.165) is 10.9 Å². The number of nitrogens with one attached hydrogen (secondary N) is 2. The maximum Gasteiger partial charge on any atom is 0.481 e. The van der Waals surface area contributed by atoms with Gasteiger partial charge in [-0.3, -0.25) is 33.2 Å². The second-order valence-electron chi connectivity index (χ2n) is 9.85. The van der Waals surface area contributed by atoms with E-state index in [9.17, 15) is 43.8 Å². The number of phosphoric ester groups is 2. The zero-order chi connectivity index (χ0) is 34.4. The summed E-state index contributed by atoms with van der Waals surface area (Å²) in [6.07, 6.45) is -5.71. The van der Waals surface area contributed by atoms with E-state index in [-0.39, 0.29) is 39.9 Å². The van der Waals surface area contributed by atoms with Gasteiger partial charge in [-0.1, -0.05) is 0 Å². The molecule has 0 radical (unpaired) electrons. The highest BCUT2D eigenvalue weighted by molar-refractivity contribution is 7.85. The molecular formula is C20H26N10O13P2S2. The van der Waals surface area contributed by atoms with Gasteiger partial charge in [0.25, 0.3) is 11.1 Å². The van der Waals surface area contributed by atoms with Crippen LogP contribution in [0.5, 0.6) is 0 Å². The molecule has 0 saturated carbocycles. The summed E-state index contributed by atoms with van der Waals surface area (Å²) < 4.78 is 45.0. The molecule has 5 rings (SSSR count). The Kier molecular flexibility index (Phi) is 10.1. The minimum absolute atomic E-state index is 0.0540. The van der Waals surface area contributed by atoms with Gasteiger partial charge < -0.3 is 41.3 Å². The normalized spacial score (nSPS) is 24.6. The molecule has 1 fully saturated rings. The molecule has 23 nitrogen and oxygen atoms in total. The maximum absolute atomic E-state index is 12.4. The van der Waals surface area contributed by atoms with Crippen molar-refractivity contribution in [2.24, 2.45) is 0 Å². The second kappa shape index (κ2) is 13.5. The number of aliphatic hydroxyl groups excluding tert-OH is 3. The molecule has 27 heteroatoms. The fourth-order valence-electron chi connectivity index (χ4n) is 4.32. The number of hydrogen-bond acceptors (Lipinski definition) is 20. The SMILES string of the molecule is Nc1nc2ncc(C(S)C(S)[C@H](O)COP(=O)(O)OP(=O)(O)OC[C@H]3O[C@@H](n4cnc5c(=O)[nH]c(N)nc54)[C@H](O)[C@@H]3O)nc2c(=O)[nH]1. The summed E-state index contributed by atoms with van der Waals surface area (Å²) >= 11 is 8.52. The Balaban J connectivity index is 1.16. The summed E-state index contributed by atoms with van der Waals surface area (Å²) in [6.45, 7) is -1.93. The van der Waals surface area contributed by atoms with Crippen molar-refractivity contribution < 1.29 is 52.3 Å². The third-order valence-electron chi connectivity index (χ3n) is 6.55. The van der Waals surface area contributed by atoms with Crippen molar-refractivity contribution in [3.63, 3.8) is 0 Å². The summed E-state index contributed by atoms with van der Waals surface area (Å²) in [4.78, 5) is 68.3. The summed E-state index contributed by atoms with van der Waals surface area (Å²) in [7, 11) is -10.8. The number of nitrogens with zero attached hydrogens (tertiary/aromatic N) is 6. The van der Waals surface area contributed by atoms with Crippen LogP contribution >= 0.6 is 40.9 Å². The van der Waals surface area contributed by atoms with Crippen molar-refractivity contribution in [3.05, 3.63) is 38.9 Å². The van der Waals surface area contributed by atoms with Gasteiger partial charge in [-0.2, -0.15) is 39.5 Å². The van der Waals surface area contributed by atoms with Gasteiger partial charge in [0.1, 0.15) is 18.3 Å². The highest BCUT2D eigenvalue weighted by atomic mass is 32.1. The Morgan fingerprint density at radius 3 is 2.32 bits per heavy atom. The molecule has 11 N–H and O–H groups in total. The van der Waals surface area contributed by atoms with E-state index in [1.165, 1.54) is 6.20 Å². The van der Waals surface area contributed by atoms with Crippen LogP contribution in [0.25, 0.3) is 22.3 Å². The first-order valence-electron chi connectivity index (χ1n) is 12.9. The Hall–Kier alpha value is -3.03. The number of imidazole rings is 1. The van der Waals surface area contributed by atoms with Gasteiger partial charge in [-0.25, -0.2) is 24.1 Å². The Morgan fingerprint density at radius 1 is 0.979 bits per heavy atom. The van der Waals surface area contributed by atoms with Crippen molar-refractivity contribution in [1.29, 1.82) is 0 Å². The summed E-state index contributed by atoms with van der Waals surface area (Å²) in [5.74, 6) is -0.449. The number of anilines is 2. The summed E-state index contributed by atoms with van der Waals surface area (Å²) in [5, 5.41) is 29.2. The third-order valence-corrected chi connectivity index (χ3v) is 10.6. The van der Waals surface area contributed by atoms with E-state index in [0.29, 0.717) is 0 Å². The quantitative estimate of drug-likeness (QED) is 0.0528. The van der Waals surface area contributed by atoms with Crippen LogP contribution in [-0.4, -0.2) is 107 Å². The van der Waals surface area contributed by atoms with E-state index in [4.69, 9.17) is 16.2 Å². The van der Waals surface area contributed by atoms with Crippen LogP contribution in [0.15, 0.2) is 22.1 Å². The van der Waals surface area contributed by atoms with E-state index in [2.05, 4.69) is 73.5 Å². The van der Waals surface area contributed by atoms with E-state index in [1.54, 1.807) is 0 Å². The van der Waals surface area contributed by atoms with E-state index < -0.39 is 81.1 Å². The summed E-state index contributed by atoms with van der Waals surface area (Å²) in [5.41, 5.74) is 9.23. The fraction of sp³-hybridized carbons (Fsp3) is 0.450. The number of nitrogens with two attached hydrogens (primary N) is 2. The first-order valence-corrected chi connectivity index (χ1v) is 17.0. The largest absolute Gasteiger partial charge is 0.481 e. The molecule has 0 spiro atoms. The fourth-order valence-corrected chi connectivity index (χ4v) is 6.97. The minimum Gasteiger partial charge on any atom is -0.389 e. The number of aromatic nitrogens is 8.